The van der Waals surface area contributed by atoms with Crippen LogP contribution in [0.2, 0.25) is 0 Å². The highest BCUT2D eigenvalue weighted by atomic mass is 19.1. The molecule has 6 nitrogen and oxygen atoms in total. The Kier molecular flexibility index (Phi) is 5.32. The lowest BCUT2D eigenvalue weighted by atomic mass is 9.88. The molecular weight excluding hydrogens is 431 g/mol. The van der Waals surface area contributed by atoms with Crippen LogP contribution < -0.4 is 14.5 Å². The second kappa shape index (κ2) is 8.38. The Morgan fingerprint density at radius 2 is 1.76 bits per heavy atom. The van der Waals surface area contributed by atoms with Gasteiger partial charge in [-0.15, -0.1) is 0 Å². The third-order valence-electron chi connectivity index (χ3n) is 7.65. The van der Waals surface area contributed by atoms with Crippen LogP contribution in [0.4, 0.5) is 15.9 Å². The quantitative estimate of drug-likeness (QED) is 0.600. The van der Waals surface area contributed by atoms with Gasteiger partial charge < -0.3 is 19.6 Å². The van der Waals surface area contributed by atoms with Crippen molar-refractivity contribution in [1.29, 1.82) is 0 Å². The lowest BCUT2D eigenvalue weighted by Gasteiger charge is -2.34. The maximum Gasteiger partial charge on any atom is 0.170 e. The maximum atomic E-state index is 15.0. The molecule has 1 atom stereocenters. The van der Waals surface area contributed by atoms with Gasteiger partial charge >= 0.3 is 0 Å². The molecule has 3 aromatic rings. The number of aliphatic hydroxyl groups excluding tert-OH is 1. The van der Waals surface area contributed by atoms with Gasteiger partial charge in [-0.1, -0.05) is 18.2 Å². The van der Waals surface area contributed by atoms with Gasteiger partial charge in [-0.3, -0.25) is 0 Å². The summed E-state index contributed by atoms with van der Waals surface area (Å²) in [5.74, 6) is 2.54. The first-order valence-corrected chi connectivity index (χ1v) is 12.4. The van der Waals surface area contributed by atoms with Crippen molar-refractivity contribution >= 4 is 22.4 Å². The Labute approximate surface area is 199 Å². The minimum Gasteiger partial charge on any atom is -0.496 e. The Morgan fingerprint density at radius 3 is 2.47 bits per heavy atom. The summed E-state index contributed by atoms with van der Waals surface area (Å²) in [5.41, 5.74) is 1.73. The molecule has 2 aliphatic heterocycles. The predicted octanol–water partition coefficient (Wildman–Crippen LogP) is 4.55. The summed E-state index contributed by atoms with van der Waals surface area (Å²) in [7, 11) is 1.73. The van der Waals surface area contributed by atoms with Gasteiger partial charge in [-0.2, -0.15) is 0 Å². The lowest BCUT2D eigenvalue weighted by molar-refractivity contribution is 0.198. The SMILES string of the molecule is COc1ccccc1C1CCN(c2nc(C3(F)CC3)nc3ccc(N4CCC(O)C4)cc23)CC1. The summed E-state index contributed by atoms with van der Waals surface area (Å²) in [5, 5.41) is 11.0. The Bertz CT molecular complexity index is 1210. The number of hydrogen-bond donors (Lipinski definition) is 1. The number of halogens is 1. The van der Waals surface area contributed by atoms with Gasteiger partial charge in [-0.25, -0.2) is 14.4 Å². The Morgan fingerprint density at radius 1 is 1.00 bits per heavy atom. The number of ether oxygens (including phenoxy) is 1. The van der Waals surface area contributed by atoms with Gasteiger partial charge in [0.25, 0.3) is 0 Å². The number of benzene rings is 2. The number of piperidine rings is 1. The van der Waals surface area contributed by atoms with E-state index in [9.17, 15) is 5.11 Å². The van der Waals surface area contributed by atoms with Crippen LogP contribution in [0.5, 0.6) is 5.75 Å². The minimum absolute atomic E-state index is 0.288. The minimum atomic E-state index is -1.38. The van der Waals surface area contributed by atoms with Crippen molar-refractivity contribution in [2.45, 2.75) is 49.8 Å². The summed E-state index contributed by atoms with van der Waals surface area (Å²) in [4.78, 5) is 14.0. The summed E-state index contributed by atoms with van der Waals surface area (Å²) >= 11 is 0. The standard InChI is InChI=1S/C27H31FN4O2/c1-34-24-5-3-2-4-21(24)18-8-13-31(14-9-18)25-22-16-19(32-15-10-20(33)17-32)6-7-23(22)29-26(30-25)27(28)11-12-27/h2-7,16,18,20,33H,8-15,17H2,1H3. The number of anilines is 2. The van der Waals surface area contributed by atoms with E-state index in [1.807, 2.05) is 24.3 Å². The highest BCUT2D eigenvalue weighted by Gasteiger charge is 2.48. The van der Waals surface area contributed by atoms with Crippen molar-refractivity contribution in [2.75, 3.05) is 43.1 Å². The van der Waals surface area contributed by atoms with E-state index in [4.69, 9.17) is 9.72 Å². The molecule has 0 radical (unpaired) electrons. The molecule has 3 aliphatic rings. The second-order valence-electron chi connectivity index (χ2n) is 9.93. The van der Waals surface area contributed by atoms with E-state index in [0.717, 1.165) is 67.1 Å². The average Bonchev–Trinajstić information content (AvgIpc) is 3.49. The van der Waals surface area contributed by atoms with Crippen LogP contribution in [0, 0.1) is 0 Å². The van der Waals surface area contributed by atoms with E-state index in [1.54, 1.807) is 7.11 Å². The summed E-state index contributed by atoms with van der Waals surface area (Å²) in [6.07, 6.45) is 3.46. The zero-order chi connectivity index (χ0) is 23.3. The molecule has 1 aliphatic carbocycles. The number of aromatic nitrogens is 2. The highest BCUT2D eigenvalue weighted by molar-refractivity contribution is 5.92. The Hall–Kier alpha value is -2.93. The van der Waals surface area contributed by atoms with Crippen LogP contribution in [0.3, 0.4) is 0 Å². The number of methoxy groups -OCH3 is 1. The predicted molar refractivity (Wildman–Crippen MR) is 132 cm³/mol. The van der Waals surface area contributed by atoms with Crippen molar-refractivity contribution in [3.63, 3.8) is 0 Å². The van der Waals surface area contributed by atoms with Crippen LogP contribution in [-0.4, -0.2) is 54.5 Å². The van der Waals surface area contributed by atoms with Crippen molar-refractivity contribution < 1.29 is 14.2 Å². The summed E-state index contributed by atoms with van der Waals surface area (Å²) in [6, 6.07) is 14.4. The normalized spacial score (nSPS) is 22.4. The molecule has 6 rings (SSSR count). The first-order chi connectivity index (χ1) is 16.5. The molecule has 0 amide bonds. The third-order valence-corrected chi connectivity index (χ3v) is 7.65. The van der Waals surface area contributed by atoms with Crippen LogP contribution in [0.25, 0.3) is 10.9 Å². The molecule has 2 saturated heterocycles. The topological polar surface area (TPSA) is 61.7 Å². The number of β-amino-alcohol motifs (C(OH)–C–C–N with tert-alkyl or cyclic N) is 1. The van der Waals surface area contributed by atoms with E-state index in [2.05, 4.69) is 33.0 Å². The van der Waals surface area contributed by atoms with Gasteiger partial charge in [-0.05, 0) is 67.9 Å². The molecule has 3 fully saturated rings. The van der Waals surface area contributed by atoms with Gasteiger partial charge in [0.05, 0.1) is 18.7 Å². The molecular formula is C27H31FN4O2. The summed E-state index contributed by atoms with van der Waals surface area (Å²) < 4.78 is 20.6. The number of para-hydroxylation sites is 1. The maximum absolute atomic E-state index is 15.0. The van der Waals surface area contributed by atoms with E-state index in [1.165, 1.54) is 5.56 Å². The van der Waals surface area contributed by atoms with Crippen molar-refractivity contribution in [3.05, 3.63) is 53.9 Å². The zero-order valence-electron chi connectivity index (χ0n) is 19.6. The van der Waals surface area contributed by atoms with Gasteiger partial charge in [0, 0.05) is 37.3 Å². The van der Waals surface area contributed by atoms with Crippen LogP contribution in [-0.2, 0) is 5.67 Å². The van der Waals surface area contributed by atoms with Crippen LogP contribution >= 0.6 is 0 Å². The monoisotopic (exact) mass is 462 g/mol. The molecule has 1 saturated carbocycles. The molecule has 0 bridgehead atoms. The lowest BCUT2D eigenvalue weighted by Crippen LogP contribution is -2.34. The van der Waals surface area contributed by atoms with E-state index >= 15 is 4.39 Å². The molecule has 1 aromatic heterocycles. The van der Waals surface area contributed by atoms with Crippen LogP contribution in [0.15, 0.2) is 42.5 Å². The number of alkyl halides is 1. The number of hydrogen-bond acceptors (Lipinski definition) is 6. The molecule has 0 spiro atoms. The molecule has 34 heavy (non-hydrogen) atoms. The van der Waals surface area contributed by atoms with Crippen molar-refractivity contribution in [3.8, 4) is 5.75 Å². The number of rotatable bonds is 5. The van der Waals surface area contributed by atoms with E-state index < -0.39 is 5.67 Å². The molecule has 3 heterocycles. The first kappa shape index (κ1) is 21.6. The number of aliphatic hydroxyl groups is 1. The molecule has 1 N–H and O–H groups in total. The number of fused-ring (bicyclic) bond motifs is 1. The third kappa shape index (κ3) is 3.86. The van der Waals surface area contributed by atoms with E-state index in [0.29, 0.717) is 31.1 Å². The van der Waals surface area contributed by atoms with Crippen molar-refractivity contribution in [1.82, 2.24) is 9.97 Å². The second-order valence-corrected chi connectivity index (χ2v) is 9.93. The fourth-order valence-electron chi connectivity index (χ4n) is 5.45. The van der Waals surface area contributed by atoms with Crippen LogP contribution in [0.1, 0.15) is 49.4 Å². The van der Waals surface area contributed by atoms with Gasteiger partial charge in [0.15, 0.2) is 11.5 Å². The molecule has 2 aromatic carbocycles. The van der Waals surface area contributed by atoms with Gasteiger partial charge in [0.1, 0.15) is 11.6 Å². The number of nitrogens with zero attached hydrogens (tertiary/aromatic N) is 4. The Balaban J connectivity index is 1.33. The largest absolute Gasteiger partial charge is 0.496 e. The van der Waals surface area contributed by atoms with Crippen molar-refractivity contribution in [2.24, 2.45) is 0 Å². The fraction of sp³-hybridized carbons (Fsp3) is 0.481. The fourth-order valence-corrected chi connectivity index (χ4v) is 5.45. The smallest absolute Gasteiger partial charge is 0.170 e. The molecule has 7 heteroatoms. The highest BCUT2D eigenvalue weighted by Crippen LogP contribution is 2.49. The zero-order valence-corrected chi connectivity index (χ0v) is 19.6. The average molecular weight is 463 g/mol. The first-order valence-electron chi connectivity index (χ1n) is 12.4. The van der Waals surface area contributed by atoms with E-state index in [-0.39, 0.29) is 6.10 Å². The molecule has 1 unspecified atom stereocenters. The molecule has 178 valence electrons. The van der Waals surface area contributed by atoms with Gasteiger partial charge in [0.2, 0.25) is 0 Å². The summed E-state index contributed by atoms with van der Waals surface area (Å²) in [6.45, 7) is 3.16.